The van der Waals surface area contributed by atoms with E-state index in [-0.39, 0.29) is 13.0 Å². The van der Waals surface area contributed by atoms with E-state index in [4.69, 9.17) is 10.2 Å². The van der Waals surface area contributed by atoms with Gasteiger partial charge in [0.05, 0.1) is 5.69 Å². The number of aryl methyl sites for hydroxylation is 3. The standard InChI is InChI=1S/C12H17N3O5/c1-8-5-9(2)15(13-8)4-3-10(16)14(6-11(17)18)7-12(19)20/h5H,3-4,6-7H2,1-2H3,(H,17,18)(H,19,20). The van der Waals surface area contributed by atoms with Gasteiger partial charge >= 0.3 is 11.9 Å². The normalized spacial score (nSPS) is 10.3. The minimum atomic E-state index is -1.24. The average Bonchev–Trinajstić information content (AvgIpc) is 2.62. The molecule has 0 aliphatic rings. The van der Waals surface area contributed by atoms with Crippen LogP contribution in [0, 0.1) is 13.8 Å². The highest BCUT2D eigenvalue weighted by molar-refractivity contribution is 5.85. The van der Waals surface area contributed by atoms with Crippen LogP contribution in [0.5, 0.6) is 0 Å². The van der Waals surface area contributed by atoms with Crippen LogP contribution in [-0.4, -0.2) is 55.8 Å². The smallest absolute Gasteiger partial charge is 0.323 e. The van der Waals surface area contributed by atoms with Gasteiger partial charge in [0.25, 0.3) is 0 Å². The van der Waals surface area contributed by atoms with Crippen LogP contribution in [0.4, 0.5) is 0 Å². The van der Waals surface area contributed by atoms with Crippen LogP contribution in [0.15, 0.2) is 6.07 Å². The number of aromatic nitrogens is 2. The third kappa shape index (κ3) is 4.71. The van der Waals surface area contributed by atoms with Gasteiger partial charge in [-0.2, -0.15) is 5.10 Å². The van der Waals surface area contributed by atoms with Crippen molar-refractivity contribution in [2.45, 2.75) is 26.8 Å². The molecule has 1 amide bonds. The maximum atomic E-state index is 11.9. The predicted octanol–water partition coefficient (Wildman–Crippen LogP) is -0.112. The lowest BCUT2D eigenvalue weighted by molar-refractivity contribution is -0.149. The summed E-state index contributed by atoms with van der Waals surface area (Å²) in [6.45, 7) is 2.71. The Balaban J connectivity index is 2.63. The van der Waals surface area contributed by atoms with E-state index in [1.54, 1.807) is 4.68 Å². The molecular weight excluding hydrogens is 266 g/mol. The summed E-state index contributed by atoms with van der Waals surface area (Å²) >= 11 is 0. The Labute approximate surface area is 115 Å². The molecule has 0 saturated carbocycles. The second-order valence-electron chi connectivity index (χ2n) is 4.44. The van der Waals surface area contributed by atoms with Crippen molar-refractivity contribution in [1.82, 2.24) is 14.7 Å². The quantitative estimate of drug-likeness (QED) is 0.721. The molecule has 0 spiro atoms. The Morgan fingerprint density at radius 1 is 1.20 bits per heavy atom. The molecule has 0 aliphatic heterocycles. The van der Waals surface area contributed by atoms with Crippen LogP contribution in [0.2, 0.25) is 0 Å². The van der Waals surface area contributed by atoms with Crippen molar-refractivity contribution in [3.8, 4) is 0 Å². The Morgan fingerprint density at radius 3 is 2.15 bits per heavy atom. The number of rotatable bonds is 7. The van der Waals surface area contributed by atoms with Gasteiger partial charge in [-0.25, -0.2) is 0 Å². The molecule has 110 valence electrons. The van der Waals surface area contributed by atoms with E-state index < -0.39 is 30.9 Å². The summed E-state index contributed by atoms with van der Waals surface area (Å²) in [6.07, 6.45) is 0.00250. The summed E-state index contributed by atoms with van der Waals surface area (Å²) in [4.78, 5) is 33.9. The molecule has 0 bridgehead atoms. The average molecular weight is 283 g/mol. The van der Waals surface area contributed by atoms with Gasteiger partial charge in [-0.1, -0.05) is 0 Å². The Bertz CT molecular complexity index is 507. The number of carbonyl (C=O) groups is 3. The zero-order chi connectivity index (χ0) is 15.3. The van der Waals surface area contributed by atoms with Crippen LogP contribution in [0.25, 0.3) is 0 Å². The fourth-order valence-electron chi connectivity index (χ4n) is 1.82. The van der Waals surface area contributed by atoms with E-state index in [1.165, 1.54) is 0 Å². The van der Waals surface area contributed by atoms with E-state index in [0.717, 1.165) is 16.3 Å². The van der Waals surface area contributed by atoms with E-state index >= 15 is 0 Å². The first-order chi connectivity index (χ1) is 9.29. The summed E-state index contributed by atoms with van der Waals surface area (Å²) in [6, 6.07) is 1.86. The Morgan fingerprint density at radius 2 is 1.75 bits per heavy atom. The highest BCUT2D eigenvalue weighted by Crippen LogP contribution is 2.04. The lowest BCUT2D eigenvalue weighted by atomic mass is 10.3. The molecule has 8 heteroatoms. The summed E-state index contributed by atoms with van der Waals surface area (Å²) in [7, 11) is 0. The molecule has 20 heavy (non-hydrogen) atoms. The zero-order valence-electron chi connectivity index (χ0n) is 11.4. The molecule has 0 unspecified atom stereocenters. The maximum Gasteiger partial charge on any atom is 0.323 e. The molecule has 1 heterocycles. The molecule has 1 aromatic rings. The van der Waals surface area contributed by atoms with Crippen LogP contribution in [-0.2, 0) is 20.9 Å². The molecule has 8 nitrogen and oxygen atoms in total. The van der Waals surface area contributed by atoms with Crippen molar-refractivity contribution in [3.63, 3.8) is 0 Å². The lowest BCUT2D eigenvalue weighted by Gasteiger charge is -2.18. The summed E-state index contributed by atoms with van der Waals surface area (Å²) in [5.41, 5.74) is 1.71. The van der Waals surface area contributed by atoms with Gasteiger partial charge in [-0.15, -0.1) is 0 Å². The highest BCUT2D eigenvalue weighted by Gasteiger charge is 2.19. The van der Waals surface area contributed by atoms with Gasteiger partial charge < -0.3 is 15.1 Å². The van der Waals surface area contributed by atoms with Crippen molar-refractivity contribution in [2.24, 2.45) is 0 Å². The third-order valence-corrected chi connectivity index (χ3v) is 2.65. The number of carboxylic acid groups (broad SMARTS) is 2. The first-order valence-corrected chi connectivity index (χ1v) is 6.02. The number of amides is 1. The number of nitrogens with zero attached hydrogens (tertiary/aromatic N) is 3. The van der Waals surface area contributed by atoms with Crippen molar-refractivity contribution in [3.05, 3.63) is 17.5 Å². The first kappa shape index (κ1) is 15.7. The second kappa shape index (κ2) is 6.69. The highest BCUT2D eigenvalue weighted by atomic mass is 16.4. The maximum absolute atomic E-state index is 11.9. The van der Waals surface area contributed by atoms with Gasteiger partial charge in [0.1, 0.15) is 13.1 Å². The molecule has 0 atom stereocenters. The molecule has 0 fully saturated rings. The molecule has 0 aliphatic carbocycles. The number of hydrogen-bond donors (Lipinski definition) is 2. The fraction of sp³-hybridized carbons (Fsp3) is 0.500. The molecule has 1 rings (SSSR count). The Hall–Kier alpha value is -2.38. The summed E-state index contributed by atoms with van der Waals surface area (Å²) < 4.78 is 1.63. The topological polar surface area (TPSA) is 113 Å². The van der Waals surface area contributed by atoms with Gasteiger partial charge in [0, 0.05) is 18.7 Å². The molecular formula is C12H17N3O5. The van der Waals surface area contributed by atoms with E-state index in [9.17, 15) is 14.4 Å². The number of aliphatic carboxylic acids is 2. The zero-order valence-corrected chi connectivity index (χ0v) is 11.4. The van der Waals surface area contributed by atoms with Crippen molar-refractivity contribution < 1.29 is 24.6 Å². The van der Waals surface area contributed by atoms with Crippen molar-refractivity contribution >= 4 is 17.8 Å². The predicted molar refractivity (Wildman–Crippen MR) is 68.2 cm³/mol. The number of carbonyl (C=O) groups excluding carboxylic acids is 1. The SMILES string of the molecule is Cc1cc(C)n(CCC(=O)N(CC(=O)O)CC(=O)O)n1. The molecule has 1 aromatic heterocycles. The van der Waals surface area contributed by atoms with Gasteiger partial charge in [-0.05, 0) is 19.9 Å². The van der Waals surface area contributed by atoms with Gasteiger partial charge in [0.2, 0.25) is 5.91 Å². The van der Waals surface area contributed by atoms with Crippen LogP contribution >= 0.6 is 0 Å². The molecule has 0 saturated heterocycles. The minimum Gasteiger partial charge on any atom is -0.480 e. The van der Waals surface area contributed by atoms with E-state index in [0.29, 0.717) is 0 Å². The number of carboxylic acids is 2. The van der Waals surface area contributed by atoms with Crippen LogP contribution < -0.4 is 0 Å². The largest absolute Gasteiger partial charge is 0.480 e. The lowest BCUT2D eigenvalue weighted by Crippen LogP contribution is -2.39. The molecule has 0 aromatic carbocycles. The second-order valence-corrected chi connectivity index (χ2v) is 4.44. The molecule has 2 N–H and O–H groups in total. The van der Waals surface area contributed by atoms with Crippen molar-refractivity contribution in [2.75, 3.05) is 13.1 Å². The summed E-state index contributed by atoms with van der Waals surface area (Å²) in [5.74, 6) is -3.02. The first-order valence-electron chi connectivity index (χ1n) is 6.02. The summed E-state index contributed by atoms with van der Waals surface area (Å²) in [5, 5.41) is 21.5. The monoisotopic (exact) mass is 283 g/mol. The van der Waals surface area contributed by atoms with Crippen LogP contribution in [0.1, 0.15) is 17.8 Å². The van der Waals surface area contributed by atoms with E-state index in [2.05, 4.69) is 5.10 Å². The van der Waals surface area contributed by atoms with E-state index in [1.807, 2.05) is 19.9 Å². The fourth-order valence-corrected chi connectivity index (χ4v) is 1.82. The third-order valence-electron chi connectivity index (χ3n) is 2.65. The van der Waals surface area contributed by atoms with Gasteiger partial charge in [-0.3, -0.25) is 19.1 Å². The molecule has 0 radical (unpaired) electrons. The Kier molecular flexibility index (Phi) is 5.24. The number of hydrogen-bond acceptors (Lipinski definition) is 4. The minimum absolute atomic E-state index is 0.00250. The van der Waals surface area contributed by atoms with Crippen molar-refractivity contribution in [1.29, 1.82) is 0 Å². The van der Waals surface area contributed by atoms with Gasteiger partial charge in [0.15, 0.2) is 0 Å². The van der Waals surface area contributed by atoms with Crippen LogP contribution in [0.3, 0.4) is 0 Å².